The lowest BCUT2D eigenvalue weighted by Gasteiger charge is -2.14. The van der Waals surface area contributed by atoms with E-state index in [9.17, 15) is 9.59 Å². The first-order chi connectivity index (χ1) is 10.9. The minimum atomic E-state index is -0.195. The average molecular weight is 339 g/mol. The third-order valence-corrected chi connectivity index (χ3v) is 3.82. The van der Waals surface area contributed by atoms with Crippen molar-refractivity contribution in [1.29, 1.82) is 0 Å². The fraction of sp³-hybridized carbons (Fsp3) is 0.556. The van der Waals surface area contributed by atoms with Crippen LogP contribution in [0.3, 0.4) is 0 Å². The van der Waals surface area contributed by atoms with Gasteiger partial charge in [0, 0.05) is 29.6 Å². The van der Waals surface area contributed by atoms with Gasteiger partial charge in [-0.3, -0.25) is 9.59 Å². The molecule has 0 spiro atoms. The van der Waals surface area contributed by atoms with Gasteiger partial charge < -0.3 is 10.6 Å². The van der Waals surface area contributed by atoms with Gasteiger partial charge in [-0.05, 0) is 43.5 Å². The lowest BCUT2D eigenvalue weighted by atomic mass is 10.0. The first-order valence-corrected chi connectivity index (χ1v) is 8.59. The van der Waals surface area contributed by atoms with Crippen LogP contribution in [0.2, 0.25) is 5.02 Å². The number of hydrogen-bond acceptors (Lipinski definition) is 2. The summed E-state index contributed by atoms with van der Waals surface area (Å²) in [4.78, 5) is 23.7. The van der Waals surface area contributed by atoms with Crippen LogP contribution in [0.5, 0.6) is 0 Å². The van der Waals surface area contributed by atoms with Crippen molar-refractivity contribution in [2.45, 2.75) is 52.5 Å². The number of rotatable bonds is 9. The molecule has 128 valence electrons. The third kappa shape index (κ3) is 8.60. The fourth-order valence-electron chi connectivity index (χ4n) is 2.24. The highest BCUT2D eigenvalue weighted by molar-refractivity contribution is 6.30. The van der Waals surface area contributed by atoms with Gasteiger partial charge in [-0.1, -0.05) is 38.3 Å². The zero-order valence-electron chi connectivity index (χ0n) is 14.2. The van der Waals surface area contributed by atoms with E-state index < -0.39 is 0 Å². The zero-order valence-corrected chi connectivity index (χ0v) is 15.0. The molecule has 0 aliphatic heterocycles. The maximum absolute atomic E-state index is 11.9. The fourth-order valence-corrected chi connectivity index (χ4v) is 2.37. The second kappa shape index (κ2) is 10.3. The smallest absolute Gasteiger partial charge is 0.251 e. The lowest BCUT2D eigenvalue weighted by Crippen LogP contribution is -2.35. The third-order valence-electron chi connectivity index (χ3n) is 3.57. The number of halogens is 1. The van der Waals surface area contributed by atoms with E-state index >= 15 is 0 Å². The maximum atomic E-state index is 11.9. The van der Waals surface area contributed by atoms with Gasteiger partial charge in [0.05, 0.1) is 0 Å². The van der Waals surface area contributed by atoms with Crippen LogP contribution in [0.15, 0.2) is 24.3 Å². The lowest BCUT2D eigenvalue weighted by molar-refractivity contribution is -0.121. The summed E-state index contributed by atoms with van der Waals surface area (Å²) < 4.78 is 0. The van der Waals surface area contributed by atoms with Crippen LogP contribution in [-0.4, -0.2) is 24.4 Å². The van der Waals surface area contributed by atoms with Crippen LogP contribution in [-0.2, 0) is 4.79 Å². The van der Waals surface area contributed by atoms with Gasteiger partial charge in [-0.15, -0.1) is 0 Å². The van der Waals surface area contributed by atoms with Gasteiger partial charge in [-0.2, -0.15) is 0 Å². The van der Waals surface area contributed by atoms with Gasteiger partial charge in [0.15, 0.2) is 0 Å². The molecule has 0 aliphatic carbocycles. The number of hydrogen-bond donors (Lipinski definition) is 2. The molecular weight excluding hydrogens is 312 g/mol. The Labute approximate surface area is 144 Å². The molecule has 0 saturated carbocycles. The summed E-state index contributed by atoms with van der Waals surface area (Å²) in [6.07, 6.45) is 3.57. The van der Waals surface area contributed by atoms with Gasteiger partial charge in [0.1, 0.15) is 0 Å². The summed E-state index contributed by atoms with van der Waals surface area (Å²) >= 11 is 5.78. The predicted molar refractivity (Wildman–Crippen MR) is 94.7 cm³/mol. The molecule has 0 unspecified atom stereocenters. The van der Waals surface area contributed by atoms with Crippen LogP contribution in [0.4, 0.5) is 0 Å². The Balaban J connectivity index is 2.20. The quantitative estimate of drug-likeness (QED) is 0.719. The van der Waals surface area contributed by atoms with Crippen molar-refractivity contribution in [2.24, 2.45) is 5.92 Å². The van der Waals surface area contributed by atoms with Gasteiger partial charge in [0.2, 0.25) is 5.91 Å². The van der Waals surface area contributed by atoms with Gasteiger partial charge in [-0.25, -0.2) is 0 Å². The molecule has 4 nitrogen and oxygen atoms in total. The molecule has 1 aromatic rings. The summed E-state index contributed by atoms with van der Waals surface area (Å²) in [5.41, 5.74) is 0.539. The van der Waals surface area contributed by atoms with Crippen molar-refractivity contribution in [1.82, 2.24) is 10.6 Å². The molecule has 1 aromatic carbocycles. The monoisotopic (exact) mass is 338 g/mol. The number of amides is 2. The van der Waals surface area contributed by atoms with Crippen molar-refractivity contribution in [3.63, 3.8) is 0 Å². The van der Waals surface area contributed by atoms with Crippen molar-refractivity contribution in [2.75, 3.05) is 6.54 Å². The molecule has 5 heteroatoms. The summed E-state index contributed by atoms with van der Waals surface area (Å²) in [6.45, 7) is 6.75. The normalized spacial score (nSPS) is 12.0. The van der Waals surface area contributed by atoms with Crippen LogP contribution < -0.4 is 10.6 Å². The van der Waals surface area contributed by atoms with E-state index in [4.69, 9.17) is 11.6 Å². The zero-order chi connectivity index (χ0) is 17.2. The Bertz CT molecular complexity index is 500. The van der Waals surface area contributed by atoms with Crippen LogP contribution >= 0.6 is 11.6 Å². The molecule has 0 saturated heterocycles. The number of benzene rings is 1. The van der Waals surface area contributed by atoms with Crippen molar-refractivity contribution in [3.05, 3.63) is 34.9 Å². The molecule has 1 atom stereocenters. The number of carbonyl (C=O) groups is 2. The molecule has 0 aliphatic rings. The number of nitrogens with one attached hydrogen (secondary N) is 2. The van der Waals surface area contributed by atoms with E-state index in [-0.39, 0.29) is 24.3 Å². The summed E-state index contributed by atoms with van der Waals surface area (Å²) in [5, 5.41) is 6.29. The maximum Gasteiger partial charge on any atom is 0.251 e. The Morgan fingerprint density at radius 3 is 2.35 bits per heavy atom. The van der Waals surface area contributed by atoms with Gasteiger partial charge in [0.25, 0.3) is 5.91 Å². The van der Waals surface area contributed by atoms with Crippen molar-refractivity contribution in [3.8, 4) is 0 Å². The first-order valence-electron chi connectivity index (χ1n) is 8.21. The molecule has 0 fully saturated rings. The summed E-state index contributed by atoms with van der Waals surface area (Å²) in [5.74, 6) is 0.471. The second-order valence-corrected chi connectivity index (χ2v) is 6.74. The minimum absolute atomic E-state index is 0.0292. The minimum Gasteiger partial charge on any atom is -0.354 e. The first kappa shape index (κ1) is 19.5. The van der Waals surface area contributed by atoms with E-state index in [0.29, 0.717) is 23.0 Å². The highest BCUT2D eigenvalue weighted by Gasteiger charge is 2.09. The van der Waals surface area contributed by atoms with E-state index in [1.54, 1.807) is 24.3 Å². The Morgan fingerprint density at radius 1 is 1.09 bits per heavy atom. The van der Waals surface area contributed by atoms with E-state index in [2.05, 4.69) is 24.5 Å². The standard InChI is InChI=1S/C18H27ClN2O2/c1-13(2)5-4-6-14(3)21-17(22)11-12-20-18(23)15-7-9-16(19)10-8-15/h7-10,13-14H,4-6,11-12H2,1-3H3,(H,20,23)(H,21,22)/t14-/m1/s1. The van der Waals surface area contributed by atoms with Gasteiger partial charge >= 0.3 is 0 Å². The Kier molecular flexibility index (Phi) is 8.70. The highest BCUT2D eigenvalue weighted by Crippen LogP contribution is 2.09. The molecule has 0 radical (unpaired) electrons. The predicted octanol–water partition coefficient (Wildman–Crippen LogP) is 3.79. The van der Waals surface area contributed by atoms with E-state index in [0.717, 1.165) is 12.8 Å². The molecular formula is C18H27ClN2O2. The van der Waals surface area contributed by atoms with E-state index in [1.165, 1.54) is 6.42 Å². The second-order valence-electron chi connectivity index (χ2n) is 6.31. The molecule has 23 heavy (non-hydrogen) atoms. The highest BCUT2D eigenvalue weighted by atomic mass is 35.5. The number of carbonyl (C=O) groups excluding carboxylic acids is 2. The summed E-state index contributed by atoms with van der Waals surface area (Å²) in [6, 6.07) is 6.83. The Hall–Kier alpha value is -1.55. The topological polar surface area (TPSA) is 58.2 Å². The molecule has 0 bridgehead atoms. The van der Waals surface area contributed by atoms with Crippen molar-refractivity contribution < 1.29 is 9.59 Å². The average Bonchev–Trinajstić information content (AvgIpc) is 2.47. The Morgan fingerprint density at radius 2 is 1.74 bits per heavy atom. The SMILES string of the molecule is CC(C)CCC[C@@H](C)NC(=O)CCNC(=O)c1ccc(Cl)cc1. The summed E-state index contributed by atoms with van der Waals surface area (Å²) in [7, 11) is 0. The molecule has 1 rings (SSSR count). The van der Waals surface area contributed by atoms with Crippen LogP contribution in [0.25, 0.3) is 0 Å². The molecule has 2 amide bonds. The molecule has 0 aromatic heterocycles. The largest absolute Gasteiger partial charge is 0.354 e. The van der Waals surface area contributed by atoms with Crippen LogP contribution in [0, 0.1) is 5.92 Å². The van der Waals surface area contributed by atoms with Crippen molar-refractivity contribution >= 4 is 23.4 Å². The van der Waals surface area contributed by atoms with Crippen LogP contribution in [0.1, 0.15) is 56.8 Å². The molecule has 2 N–H and O–H groups in total. The molecule has 0 heterocycles. The van der Waals surface area contributed by atoms with E-state index in [1.807, 2.05) is 6.92 Å².